The Bertz CT molecular complexity index is 728. The monoisotopic (exact) mass is 345 g/mol. The summed E-state index contributed by atoms with van der Waals surface area (Å²) in [5.74, 6) is 0.0293. The van der Waals surface area contributed by atoms with Crippen LogP contribution in [0.15, 0.2) is 29.6 Å². The second-order valence-electron chi connectivity index (χ2n) is 6.14. The smallest absolute Gasteiger partial charge is 0.255 e. The van der Waals surface area contributed by atoms with Crippen LogP contribution in [0.2, 0.25) is 0 Å². The summed E-state index contributed by atoms with van der Waals surface area (Å²) in [5, 5.41) is 5.88. The van der Waals surface area contributed by atoms with Gasteiger partial charge in [-0.25, -0.2) is 0 Å². The summed E-state index contributed by atoms with van der Waals surface area (Å²) in [6, 6.07) is 8.06. The molecule has 5 nitrogen and oxygen atoms in total. The van der Waals surface area contributed by atoms with Crippen LogP contribution >= 0.6 is 11.3 Å². The second-order valence-corrected chi connectivity index (χ2v) is 7.05. The highest BCUT2D eigenvalue weighted by Crippen LogP contribution is 2.28. The first-order valence-electron chi connectivity index (χ1n) is 8.44. The van der Waals surface area contributed by atoms with E-state index in [1.165, 1.54) is 0 Å². The molecule has 1 saturated heterocycles. The number of nitrogens with zero attached hydrogens (tertiary/aromatic N) is 1. The zero-order valence-electron chi connectivity index (χ0n) is 13.7. The van der Waals surface area contributed by atoms with E-state index in [9.17, 15) is 9.59 Å². The highest BCUT2D eigenvalue weighted by molar-refractivity contribution is 7.17. The van der Waals surface area contributed by atoms with Gasteiger partial charge in [-0.1, -0.05) is 18.2 Å². The van der Waals surface area contributed by atoms with E-state index >= 15 is 0 Å². The van der Waals surface area contributed by atoms with Crippen molar-refractivity contribution in [3.05, 3.63) is 35.2 Å². The number of hydrogen-bond donors (Lipinski definition) is 2. The van der Waals surface area contributed by atoms with Crippen molar-refractivity contribution in [3.8, 4) is 0 Å². The van der Waals surface area contributed by atoms with Crippen molar-refractivity contribution in [2.75, 3.05) is 19.6 Å². The van der Waals surface area contributed by atoms with E-state index in [0.717, 1.165) is 41.5 Å². The molecule has 0 spiro atoms. The zero-order valence-corrected chi connectivity index (χ0v) is 14.5. The number of rotatable bonds is 5. The molecule has 1 aliphatic heterocycles. The van der Waals surface area contributed by atoms with Gasteiger partial charge in [0, 0.05) is 47.6 Å². The minimum atomic E-state index is -0.0449. The lowest BCUT2D eigenvalue weighted by atomic mass is 10.0. The van der Waals surface area contributed by atoms with Gasteiger partial charge >= 0.3 is 0 Å². The Hall–Kier alpha value is -1.92. The maximum atomic E-state index is 13.1. The number of nitrogens with one attached hydrogen (secondary N) is 1. The number of carbonyl (C=O) groups excluding carboxylic acids is 2. The Morgan fingerprint density at radius 3 is 2.96 bits per heavy atom. The lowest BCUT2D eigenvalue weighted by Crippen LogP contribution is -2.49. The van der Waals surface area contributed by atoms with Gasteiger partial charge in [0.05, 0.1) is 5.56 Å². The summed E-state index contributed by atoms with van der Waals surface area (Å²) in [7, 11) is 0. The number of benzene rings is 1. The standard InChI is InChI=1S/C18H23N3O2S/c19-9-8-17(22)20-11-13-5-3-4-10-21(13)18(23)15-12-24-16-7-2-1-6-14(15)16/h1-2,6-7,12-13H,3-5,8-11,19H2,(H,20,22). The fourth-order valence-electron chi connectivity index (χ4n) is 3.23. The maximum Gasteiger partial charge on any atom is 0.255 e. The van der Waals surface area contributed by atoms with Crippen molar-refractivity contribution in [3.63, 3.8) is 0 Å². The number of thiophene rings is 1. The predicted molar refractivity (Wildman–Crippen MR) is 97.2 cm³/mol. The topological polar surface area (TPSA) is 75.4 Å². The van der Waals surface area contributed by atoms with Gasteiger partial charge in [-0.05, 0) is 25.3 Å². The molecule has 1 aromatic carbocycles. The minimum Gasteiger partial charge on any atom is -0.354 e. The van der Waals surface area contributed by atoms with Gasteiger partial charge in [0.2, 0.25) is 5.91 Å². The number of amides is 2. The molecule has 3 N–H and O–H groups in total. The quantitative estimate of drug-likeness (QED) is 0.873. The van der Waals surface area contributed by atoms with Crippen LogP contribution in [0.25, 0.3) is 10.1 Å². The summed E-state index contributed by atoms with van der Waals surface area (Å²) < 4.78 is 1.13. The van der Waals surface area contributed by atoms with E-state index < -0.39 is 0 Å². The highest BCUT2D eigenvalue weighted by atomic mass is 32.1. The molecule has 128 valence electrons. The molecule has 0 radical (unpaired) electrons. The van der Waals surface area contributed by atoms with Gasteiger partial charge in [-0.3, -0.25) is 9.59 Å². The first-order chi connectivity index (χ1) is 11.7. The molecule has 0 saturated carbocycles. The molecule has 2 heterocycles. The normalized spacial score (nSPS) is 17.9. The van der Waals surface area contributed by atoms with E-state index in [0.29, 0.717) is 19.5 Å². The van der Waals surface area contributed by atoms with Crippen LogP contribution in [0, 0.1) is 0 Å². The number of carbonyl (C=O) groups is 2. The molecule has 1 unspecified atom stereocenters. The second kappa shape index (κ2) is 7.77. The van der Waals surface area contributed by atoms with Gasteiger partial charge in [0.1, 0.15) is 0 Å². The Kier molecular flexibility index (Phi) is 5.48. The molecule has 24 heavy (non-hydrogen) atoms. The van der Waals surface area contributed by atoms with Crippen LogP contribution in [0.3, 0.4) is 0 Å². The maximum absolute atomic E-state index is 13.1. The highest BCUT2D eigenvalue weighted by Gasteiger charge is 2.29. The van der Waals surface area contributed by atoms with Gasteiger partial charge < -0.3 is 16.0 Å². The Labute approximate surface area is 145 Å². The third-order valence-corrected chi connectivity index (χ3v) is 5.47. The summed E-state index contributed by atoms with van der Waals surface area (Å²) in [5.41, 5.74) is 6.18. The van der Waals surface area contributed by atoms with Crippen molar-refractivity contribution in [1.82, 2.24) is 10.2 Å². The van der Waals surface area contributed by atoms with Crippen LogP contribution in [-0.4, -0.2) is 42.4 Å². The summed E-state index contributed by atoms with van der Waals surface area (Å²) >= 11 is 1.60. The molecule has 2 aromatic rings. The van der Waals surface area contributed by atoms with Crippen LogP contribution in [0.5, 0.6) is 0 Å². The van der Waals surface area contributed by atoms with E-state index in [-0.39, 0.29) is 17.9 Å². The fraction of sp³-hybridized carbons (Fsp3) is 0.444. The molecule has 0 aliphatic carbocycles. The molecule has 1 aromatic heterocycles. The molecule has 2 amide bonds. The molecule has 6 heteroatoms. The van der Waals surface area contributed by atoms with Crippen molar-refractivity contribution in [2.45, 2.75) is 31.7 Å². The molecule has 1 aliphatic rings. The van der Waals surface area contributed by atoms with Gasteiger partial charge in [0.25, 0.3) is 5.91 Å². The van der Waals surface area contributed by atoms with Crippen molar-refractivity contribution in [1.29, 1.82) is 0 Å². The van der Waals surface area contributed by atoms with Crippen LogP contribution in [0.4, 0.5) is 0 Å². The first kappa shape index (κ1) is 16.9. The summed E-state index contributed by atoms with van der Waals surface area (Å²) in [6.07, 6.45) is 3.36. The van der Waals surface area contributed by atoms with Crippen molar-refractivity contribution < 1.29 is 9.59 Å². The van der Waals surface area contributed by atoms with Crippen molar-refractivity contribution in [2.24, 2.45) is 5.73 Å². The van der Waals surface area contributed by atoms with Gasteiger partial charge in [-0.2, -0.15) is 0 Å². The van der Waals surface area contributed by atoms with Crippen molar-refractivity contribution >= 4 is 33.2 Å². The van der Waals surface area contributed by atoms with E-state index in [1.54, 1.807) is 11.3 Å². The van der Waals surface area contributed by atoms with Crippen LogP contribution in [-0.2, 0) is 4.79 Å². The molecule has 3 rings (SSSR count). The third-order valence-electron chi connectivity index (χ3n) is 4.51. The number of likely N-dealkylation sites (tertiary alicyclic amines) is 1. The lowest BCUT2D eigenvalue weighted by Gasteiger charge is -2.36. The fourth-order valence-corrected chi connectivity index (χ4v) is 4.16. The molecule has 1 fully saturated rings. The average molecular weight is 345 g/mol. The van der Waals surface area contributed by atoms with Gasteiger partial charge in [-0.15, -0.1) is 11.3 Å². The van der Waals surface area contributed by atoms with Crippen LogP contribution in [0.1, 0.15) is 36.0 Å². The molecular weight excluding hydrogens is 322 g/mol. The Morgan fingerprint density at radius 2 is 2.12 bits per heavy atom. The molecule has 1 atom stereocenters. The first-order valence-corrected chi connectivity index (χ1v) is 9.32. The van der Waals surface area contributed by atoms with E-state index in [1.807, 2.05) is 34.5 Å². The van der Waals surface area contributed by atoms with Gasteiger partial charge in [0.15, 0.2) is 0 Å². The summed E-state index contributed by atoms with van der Waals surface area (Å²) in [6.45, 7) is 1.60. The molecular formula is C18H23N3O2S. The van der Waals surface area contributed by atoms with Crippen LogP contribution < -0.4 is 11.1 Å². The van der Waals surface area contributed by atoms with E-state index in [2.05, 4.69) is 5.32 Å². The summed E-state index contributed by atoms with van der Waals surface area (Å²) in [4.78, 5) is 26.7. The third kappa shape index (κ3) is 3.60. The predicted octanol–water partition coefficient (Wildman–Crippen LogP) is 2.36. The SMILES string of the molecule is NCCC(=O)NCC1CCCCN1C(=O)c1csc2ccccc12. The average Bonchev–Trinajstić information content (AvgIpc) is 3.04. The number of nitrogens with two attached hydrogens (primary N) is 1. The Morgan fingerprint density at radius 1 is 1.29 bits per heavy atom. The Balaban J connectivity index is 1.75. The lowest BCUT2D eigenvalue weighted by molar-refractivity contribution is -0.121. The number of hydrogen-bond acceptors (Lipinski definition) is 4. The minimum absolute atomic E-state index is 0.0449. The molecule has 0 bridgehead atoms. The largest absolute Gasteiger partial charge is 0.354 e. The van der Waals surface area contributed by atoms with E-state index in [4.69, 9.17) is 5.73 Å². The number of fused-ring (bicyclic) bond motifs is 1. The number of piperidine rings is 1. The zero-order chi connectivity index (χ0) is 16.9.